The molecule has 6 nitrogen and oxygen atoms in total. The Morgan fingerprint density at radius 1 is 1.24 bits per heavy atom. The van der Waals surface area contributed by atoms with Crippen LogP contribution in [0.4, 0.5) is 13.2 Å². The molecule has 150 valence electrons. The summed E-state index contributed by atoms with van der Waals surface area (Å²) in [4.78, 5) is 21.0. The van der Waals surface area contributed by atoms with E-state index < -0.39 is 23.7 Å². The number of benzene rings is 1. The van der Waals surface area contributed by atoms with E-state index >= 15 is 0 Å². The Labute approximate surface area is 164 Å². The Morgan fingerprint density at radius 3 is 2.76 bits per heavy atom. The predicted octanol–water partition coefficient (Wildman–Crippen LogP) is 4.52. The minimum absolute atomic E-state index is 0.102. The van der Waals surface area contributed by atoms with Crippen LogP contribution in [0.15, 0.2) is 47.1 Å². The average molecular weight is 402 g/mol. The van der Waals surface area contributed by atoms with Crippen molar-refractivity contribution < 1.29 is 22.5 Å². The number of aromatic nitrogens is 3. The Bertz CT molecular complexity index is 1040. The lowest BCUT2D eigenvalue weighted by atomic mass is 10.1. The van der Waals surface area contributed by atoms with Gasteiger partial charge in [-0.2, -0.15) is 18.2 Å². The molecule has 0 aliphatic heterocycles. The number of hydrogen-bond donors (Lipinski definition) is 1. The van der Waals surface area contributed by atoms with E-state index in [-0.39, 0.29) is 11.5 Å². The summed E-state index contributed by atoms with van der Waals surface area (Å²) in [5.41, 5.74) is 0.754. The van der Waals surface area contributed by atoms with E-state index in [1.54, 1.807) is 19.2 Å². The van der Waals surface area contributed by atoms with Gasteiger partial charge in [-0.1, -0.05) is 11.2 Å². The molecule has 1 atom stereocenters. The quantitative estimate of drug-likeness (QED) is 0.679. The first-order valence-electron chi connectivity index (χ1n) is 9.09. The molecular weight excluding hydrogens is 385 g/mol. The summed E-state index contributed by atoms with van der Waals surface area (Å²) in [7, 11) is 0. The minimum atomic E-state index is -4.52. The lowest BCUT2D eigenvalue weighted by Gasteiger charge is -2.11. The highest BCUT2D eigenvalue weighted by molar-refractivity contribution is 5.94. The fourth-order valence-electron chi connectivity index (χ4n) is 2.90. The molecule has 1 N–H and O–H groups in total. The van der Waals surface area contributed by atoms with Crippen molar-refractivity contribution in [3.05, 3.63) is 65.3 Å². The number of rotatable bonds is 5. The smallest absolute Gasteiger partial charge is 0.341 e. The molecule has 3 aromatic rings. The molecule has 1 aliphatic carbocycles. The SMILES string of the molecule is CC(NC(=O)c1cccc(C(F)(F)F)c1)c1nc(-c2ccnc(C3CC3)c2)no1. The van der Waals surface area contributed by atoms with E-state index in [1.807, 2.05) is 6.07 Å². The van der Waals surface area contributed by atoms with E-state index in [0.29, 0.717) is 11.7 Å². The fourth-order valence-corrected chi connectivity index (χ4v) is 2.90. The standard InChI is InChI=1S/C20H17F3N4O2/c1-11(25-18(28)14-3-2-4-15(9-14)20(21,22)23)19-26-17(27-29-19)13-7-8-24-16(10-13)12-5-6-12/h2-4,7-12H,5-6H2,1H3,(H,25,28). The topological polar surface area (TPSA) is 80.9 Å². The van der Waals surface area contributed by atoms with Crippen molar-refractivity contribution >= 4 is 5.91 Å². The predicted molar refractivity (Wildman–Crippen MR) is 96.8 cm³/mol. The molecule has 4 rings (SSSR count). The molecule has 2 aromatic heterocycles. The van der Waals surface area contributed by atoms with Crippen LogP contribution in [-0.2, 0) is 6.18 Å². The van der Waals surface area contributed by atoms with Crippen LogP contribution < -0.4 is 5.32 Å². The number of nitrogens with one attached hydrogen (secondary N) is 1. The maximum absolute atomic E-state index is 12.8. The molecule has 0 radical (unpaired) electrons. The van der Waals surface area contributed by atoms with Crippen molar-refractivity contribution in [1.29, 1.82) is 0 Å². The van der Waals surface area contributed by atoms with Gasteiger partial charge in [0.15, 0.2) is 0 Å². The fraction of sp³-hybridized carbons (Fsp3) is 0.300. The van der Waals surface area contributed by atoms with E-state index in [9.17, 15) is 18.0 Å². The highest BCUT2D eigenvalue weighted by Crippen LogP contribution is 2.39. The summed E-state index contributed by atoms with van der Waals surface area (Å²) in [6, 6.07) is 7.22. The minimum Gasteiger partial charge on any atom is -0.341 e. The number of carbonyl (C=O) groups excluding carboxylic acids is 1. The van der Waals surface area contributed by atoms with Gasteiger partial charge < -0.3 is 9.84 Å². The van der Waals surface area contributed by atoms with Gasteiger partial charge in [0.05, 0.1) is 5.56 Å². The molecule has 1 fully saturated rings. The van der Waals surface area contributed by atoms with Crippen LogP contribution >= 0.6 is 0 Å². The zero-order valence-corrected chi connectivity index (χ0v) is 15.4. The Kier molecular flexibility index (Phi) is 4.81. The second-order valence-corrected chi connectivity index (χ2v) is 6.97. The summed E-state index contributed by atoms with van der Waals surface area (Å²) in [5, 5.41) is 6.52. The summed E-state index contributed by atoms with van der Waals surface area (Å²) >= 11 is 0. The molecule has 9 heteroatoms. The van der Waals surface area contributed by atoms with Crippen molar-refractivity contribution in [2.75, 3.05) is 0 Å². The third kappa shape index (κ3) is 4.28. The molecular formula is C20H17F3N4O2. The largest absolute Gasteiger partial charge is 0.416 e. The zero-order chi connectivity index (χ0) is 20.6. The van der Waals surface area contributed by atoms with Crippen LogP contribution in [0.2, 0.25) is 0 Å². The van der Waals surface area contributed by atoms with Crippen LogP contribution in [0.3, 0.4) is 0 Å². The molecule has 0 saturated heterocycles. The second-order valence-electron chi connectivity index (χ2n) is 6.97. The Morgan fingerprint density at radius 2 is 2.03 bits per heavy atom. The van der Waals surface area contributed by atoms with Crippen molar-refractivity contribution in [3.8, 4) is 11.4 Å². The van der Waals surface area contributed by atoms with Crippen LogP contribution in [0, 0.1) is 0 Å². The van der Waals surface area contributed by atoms with Crippen molar-refractivity contribution in [1.82, 2.24) is 20.4 Å². The number of hydrogen-bond acceptors (Lipinski definition) is 5. The lowest BCUT2D eigenvalue weighted by molar-refractivity contribution is -0.137. The normalized spacial score (nSPS) is 15.2. The molecule has 1 aromatic carbocycles. The third-order valence-corrected chi connectivity index (χ3v) is 4.65. The second kappa shape index (κ2) is 7.31. The molecule has 1 aliphatic rings. The first-order chi connectivity index (χ1) is 13.8. The van der Waals surface area contributed by atoms with Crippen molar-refractivity contribution in [2.24, 2.45) is 0 Å². The lowest BCUT2D eigenvalue weighted by Crippen LogP contribution is -2.27. The maximum Gasteiger partial charge on any atom is 0.416 e. The Hall–Kier alpha value is -3.23. The van der Waals surface area contributed by atoms with Gasteiger partial charge in [-0.15, -0.1) is 0 Å². The average Bonchev–Trinajstić information content (AvgIpc) is 3.43. The van der Waals surface area contributed by atoms with Crippen LogP contribution in [0.1, 0.15) is 59.2 Å². The Balaban J connectivity index is 1.47. The van der Waals surface area contributed by atoms with Gasteiger partial charge in [0.25, 0.3) is 5.91 Å². The van der Waals surface area contributed by atoms with E-state index in [0.717, 1.165) is 36.2 Å². The van der Waals surface area contributed by atoms with E-state index in [2.05, 4.69) is 20.4 Å². The van der Waals surface area contributed by atoms with Crippen molar-refractivity contribution in [3.63, 3.8) is 0 Å². The van der Waals surface area contributed by atoms with Gasteiger partial charge in [-0.25, -0.2) is 0 Å². The van der Waals surface area contributed by atoms with E-state index in [1.165, 1.54) is 12.1 Å². The van der Waals surface area contributed by atoms with E-state index in [4.69, 9.17) is 4.52 Å². The van der Waals surface area contributed by atoms with Gasteiger partial charge in [-0.3, -0.25) is 9.78 Å². The molecule has 0 bridgehead atoms. The van der Waals surface area contributed by atoms with Crippen LogP contribution in [-0.4, -0.2) is 21.0 Å². The molecule has 0 spiro atoms. The first-order valence-corrected chi connectivity index (χ1v) is 9.09. The molecule has 1 amide bonds. The highest BCUT2D eigenvalue weighted by Gasteiger charge is 2.31. The third-order valence-electron chi connectivity index (χ3n) is 4.65. The first kappa shape index (κ1) is 19.1. The van der Waals surface area contributed by atoms with Gasteiger partial charge in [0.2, 0.25) is 11.7 Å². The summed E-state index contributed by atoms with van der Waals surface area (Å²) < 4.78 is 43.7. The van der Waals surface area contributed by atoms with Gasteiger partial charge in [-0.05, 0) is 50.1 Å². The number of alkyl halides is 3. The number of amides is 1. The summed E-state index contributed by atoms with van der Waals surface area (Å²) in [6.45, 7) is 1.62. The van der Waals surface area contributed by atoms with Gasteiger partial charge in [0.1, 0.15) is 6.04 Å². The van der Waals surface area contributed by atoms with Gasteiger partial charge in [0, 0.05) is 28.9 Å². The number of carbonyl (C=O) groups is 1. The summed E-state index contributed by atoms with van der Waals surface area (Å²) in [5.74, 6) is 0.338. The van der Waals surface area contributed by atoms with Crippen LogP contribution in [0.5, 0.6) is 0 Å². The summed E-state index contributed by atoms with van der Waals surface area (Å²) in [6.07, 6.45) is -0.593. The maximum atomic E-state index is 12.8. The van der Waals surface area contributed by atoms with Crippen molar-refractivity contribution in [2.45, 2.75) is 37.9 Å². The van der Waals surface area contributed by atoms with Gasteiger partial charge >= 0.3 is 6.18 Å². The molecule has 1 unspecified atom stereocenters. The monoisotopic (exact) mass is 402 g/mol. The number of nitrogens with zero attached hydrogens (tertiary/aromatic N) is 3. The highest BCUT2D eigenvalue weighted by atomic mass is 19.4. The van der Waals surface area contributed by atoms with Crippen LogP contribution in [0.25, 0.3) is 11.4 Å². The number of halogens is 3. The molecule has 2 heterocycles. The number of pyridine rings is 1. The molecule has 1 saturated carbocycles. The molecule has 29 heavy (non-hydrogen) atoms. The zero-order valence-electron chi connectivity index (χ0n) is 15.4.